The van der Waals surface area contributed by atoms with Crippen molar-refractivity contribution in [3.8, 4) is 0 Å². The van der Waals surface area contributed by atoms with Crippen LogP contribution in [0, 0.1) is 0 Å². The molecule has 124 valence electrons. The first-order chi connectivity index (χ1) is 11.8. The molecule has 3 aliphatic rings. The maximum Gasteiger partial charge on any atom is 0.0240 e. The number of hydrogen-bond donors (Lipinski definition) is 0. The molecular formula is C23H27N. The van der Waals surface area contributed by atoms with E-state index in [0.717, 1.165) is 19.5 Å². The standard InChI is InChI=1S/C23H27N/c1-18-15-20(10-12-21(18)11-9-19-5-4-6-19)16-24-14-13-22-7-2-3-8-23(22)17-24/h2-3,5,7-8,12,15H,1,4,6,9-11,13-14,16-17H2. The van der Waals surface area contributed by atoms with Gasteiger partial charge in [-0.25, -0.2) is 0 Å². The van der Waals surface area contributed by atoms with Crippen LogP contribution in [0.1, 0.15) is 43.2 Å². The summed E-state index contributed by atoms with van der Waals surface area (Å²) >= 11 is 0. The maximum atomic E-state index is 4.31. The van der Waals surface area contributed by atoms with Crippen LogP contribution in [0.15, 0.2) is 71.4 Å². The van der Waals surface area contributed by atoms with Crippen LogP contribution in [0.5, 0.6) is 0 Å². The van der Waals surface area contributed by atoms with Gasteiger partial charge in [-0.1, -0.05) is 60.2 Å². The van der Waals surface area contributed by atoms with Crippen LogP contribution in [0.4, 0.5) is 0 Å². The highest BCUT2D eigenvalue weighted by molar-refractivity contribution is 5.45. The lowest BCUT2D eigenvalue weighted by molar-refractivity contribution is 0.274. The Kier molecular flexibility index (Phi) is 4.53. The monoisotopic (exact) mass is 317 g/mol. The largest absolute Gasteiger partial charge is 0.295 e. The molecule has 0 aromatic heterocycles. The van der Waals surface area contributed by atoms with Crippen LogP contribution in [-0.4, -0.2) is 18.0 Å². The number of benzene rings is 1. The number of hydrogen-bond acceptors (Lipinski definition) is 1. The first-order valence-electron chi connectivity index (χ1n) is 9.33. The topological polar surface area (TPSA) is 3.24 Å². The fourth-order valence-corrected chi connectivity index (χ4v) is 4.00. The van der Waals surface area contributed by atoms with Gasteiger partial charge in [-0.05, 0) is 60.8 Å². The summed E-state index contributed by atoms with van der Waals surface area (Å²) in [6.07, 6.45) is 14.5. The molecule has 2 aliphatic carbocycles. The highest BCUT2D eigenvalue weighted by Crippen LogP contribution is 2.30. The van der Waals surface area contributed by atoms with Gasteiger partial charge in [0.15, 0.2) is 0 Å². The summed E-state index contributed by atoms with van der Waals surface area (Å²) < 4.78 is 0. The molecule has 0 radical (unpaired) electrons. The third-order valence-corrected chi connectivity index (χ3v) is 5.65. The summed E-state index contributed by atoms with van der Waals surface area (Å²) in [5, 5.41) is 0. The van der Waals surface area contributed by atoms with Crippen molar-refractivity contribution in [3.05, 3.63) is 82.5 Å². The zero-order valence-electron chi connectivity index (χ0n) is 14.6. The zero-order valence-corrected chi connectivity index (χ0v) is 14.6. The van der Waals surface area contributed by atoms with Gasteiger partial charge in [-0.3, -0.25) is 4.90 Å². The molecule has 1 aromatic rings. The van der Waals surface area contributed by atoms with Gasteiger partial charge < -0.3 is 0 Å². The molecule has 0 atom stereocenters. The average Bonchev–Trinajstić information content (AvgIpc) is 2.55. The molecule has 0 bridgehead atoms. The molecule has 0 fully saturated rings. The van der Waals surface area contributed by atoms with Crippen molar-refractivity contribution < 1.29 is 0 Å². The minimum absolute atomic E-state index is 1.09. The van der Waals surface area contributed by atoms with Crippen LogP contribution in [-0.2, 0) is 13.0 Å². The van der Waals surface area contributed by atoms with Crippen molar-refractivity contribution >= 4 is 0 Å². The van der Waals surface area contributed by atoms with E-state index in [1.807, 2.05) is 0 Å². The molecule has 1 nitrogen and oxygen atoms in total. The molecule has 4 rings (SSSR count). The van der Waals surface area contributed by atoms with E-state index in [4.69, 9.17) is 0 Å². The molecular weight excluding hydrogens is 290 g/mol. The number of fused-ring (bicyclic) bond motifs is 1. The fourth-order valence-electron chi connectivity index (χ4n) is 4.00. The predicted molar refractivity (Wildman–Crippen MR) is 102 cm³/mol. The lowest BCUT2D eigenvalue weighted by Crippen LogP contribution is -2.32. The lowest BCUT2D eigenvalue weighted by atomic mass is 9.87. The van der Waals surface area contributed by atoms with Crippen molar-refractivity contribution in [2.75, 3.05) is 13.1 Å². The van der Waals surface area contributed by atoms with E-state index in [0.29, 0.717) is 0 Å². The van der Waals surface area contributed by atoms with Gasteiger partial charge in [-0.2, -0.15) is 0 Å². The molecule has 0 spiro atoms. The van der Waals surface area contributed by atoms with Gasteiger partial charge in [-0.15, -0.1) is 0 Å². The fraction of sp³-hybridized carbons (Fsp3) is 0.391. The first kappa shape index (κ1) is 15.7. The van der Waals surface area contributed by atoms with Crippen molar-refractivity contribution in [2.45, 2.75) is 45.1 Å². The Labute approximate surface area is 146 Å². The van der Waals surface area contributed by atoms with E-state index in [2.05, 4.69) is 54.0 Å². The maximum absolute atomic E-state index is 4.31. The second-order valence-electron chi connectivity index (χ2n) is 7.39. The molecule has 0 N–H and O–H groups in total. The van der Waals surface area contributed by atoms with E-state index in [-0.39, 0.29) is 0 Å². The second-order valence-corrected chi connectivity index (χ2v) is 7.39. The van der Waals surface area contributed by atoms with Crippen molar-refractivity contribution in [3.63, 3.8) is 0 Å². The molecule has 1 aromatic carbocycles. The molecule has 24 heavy (non-hydrogen) atoms. The molecule has 1 heteroatoms. The lowest BCUT2D eigenvalue weighted by Gasteiger charge is -2.30. The van der Waals surface area contributed by atoms with Crippen LogP contribution in [0.2, 0.25) is 0 Å². The van der Waals surface area contributed by atoms with E-state index < -0.39 is 0 Å². The highest BCUT2D eigenvalue weighted by Gasteiger charge is 2.18. The van der Waals surface area contributed by atoms with Gasteiger partial charge in [0.25, 0.3) is 0 Å². The molecule has 0 unspecified atom stereocenters. The molecule has 0 amide bonds. The molecule has 0 saturated heterocycles. The van der Waals surface area contributed by atoms with E-state index in [9.17, 15) is 0 Å². The van der Waals surface area contributed by atoms with E-state index in [1.165, 1.54) is 66.5 Å². The summed E-state index contributed by atoms with van der Waals surface area (Å²) in [6.45, 7) is 7.66. The Balaban J connectivity index is 1.33. The van der Waals surface area contributed by atoms with Crippen molar-refractivity contribution in [1.29, 1.82) is 0 Å². The SMILES string of the molecule is C=C1C=C(CN2CCc3ccccc3C2)CC=C1CCC1=CCC1. The van der Waals surface area contributed by atoms with Gasteiger partial charge >= 0.3 is 0 Å². The highest BCUT2D eigenvalue weighted by atomic mass is 15.1. The number of rotatable bonds is 5. The minimum Gasteiger partial charge on any atom is -0.295 e. The average molecular weight is 317 g/mol. The first-order valence-corrected chi connectivity index (χ1v) is 9.33. The van der Waals surface area contributed by atoms with Gasteiger partial charge in [0, 0.05) is 19.6 Å². The smallest absolute Gasteiger partial charge is 0.0240 e. The Bertz CT molecular complexity index is 732. The van der Waals surface area contributed by atoms with Gasteiger partial charge in [0.05, 0.1) is 0 Å². The predicted octanol–water partition coefficient (Wildman–Crippen LogP) is 5.36. The third-order valence-electron chi connectivity index (χ3n) is 5.65. The number of allylic oxidation sites excluding steroid dienone is 6. The Hall–Kier alpha value is -1.86. The minimum atomic E-state index is 1.09. The Morgan fingerprint density at radius 2 is 1.79 bits per heavy atom. The summed E-state index contributed by atoms with van der Waals surface area (Å²) in [6, 6.07) is 8.88. The van der Waals surface area contributed by atoms with Crippen LogP contribution >= 0.6 is 0 Å². The van der Waals surface area contributed by atoms with E-state index >= 15 is 0 Å². The molecule has 1 heterocycles. The van der Waals surface area contributed by atoms with E-state index in [1.54, 1.807) is 5.57 Å². The third kappa shape index (κ3) is 3.47. The summed E-state index contributed by atoms with van der Waals surface area (Å²) in [4.78, 5) is 2.58. The summed E-state index contributed by atoms with van der Waals surface area (Å²) in [7, 11) is 0. The summed E-state index contributed by atoms with van der Waals surface area (Å²) in [5.41, 5.74) is 8.91. The summed E-state index contributed by atoms with van der Waals surface area (Å²) in [5.74, 6) is 0. The van der Waals surface area contributed by atoms with Crippen LogP contribution in [0.3, 0.4) is 0 Å². The Morgan fingerprint density at radius 1 is 0.958 bits per heavy atom. The number of nitrogens with zero attached hydrogens (tertiary/aromatic N) is 1. The van der Waals surface area contributed by atoms with Crippen molar-refractivity contribution in [1.82, 2.24) is 4.90 Å². The second kappa shape index (κ2) is 6.94. The molecule has 0 saturated carbocycles. The molecule has 1 aliphatic heterocycles. The quantitative estimate of drug-likeness (QED) is 0.661. The van der Waals surface area contributed by atoms with Crippen LogP contribution < -0.4 is 0 Å². The zero-order chi connectivity index (χ0) is 16.4. The Morgan fingerprint density at radius 3 is 2.54 bits per heavy atom. The van der Waals surface area contributed by atoms with Gasteiger partial charge in [0.1, 0.15) is 0 Å². The normalized spacial score (nSPS) is 20.7. The van der Waals surface area contributed by atoms with Crippen molar-refractivity contribution in [2.24, 2.45) is 0 Å². The van der Waals surface area contributed by atoms with Gasteiger partial charge in [0.2, 0.25) is 0 Å². The van der Waals surface area contributed by atoms with Crippen LogP contribution in [0.25, 0.3) is 0 Å².